The number of halogens is 1. The van der Waals surface area contributed by atoms with Gasteiger partial charge in [0.25, 0.3) is 0 Å². The molecule has 0 aliphatic carbocycles. The Kier molecular flexibility index (Phi) is 8.19. The normalized spacial score (nSPS) is 11.3. The maximum atomic E-state index is 5.47. The third-order valence-electron chi connectivity index (χ3n) is 3.66. The van der Waals surface area contributed by atoms with Crippen molar-refractivity contribution >= 4 is 15.9 Å². The Labute approximate surface area is 131 Å². The van der Waals surface area contributed by atoms with Gasteiger partial charge >= 0.3 is 0 Å². The van der Waals surface area contributed by atoms with E-state index in [-0.39, 0.29) is 0 Å². The van der Waals surface area contributed by atoms with E-state index in [1.165, 1.54) is 5.56 Å². The number of ether oxygens (including phenoxy) is 2. The lowest BCUT2D eigenvalue weighted by atomic mass is 10.1. The molecule has 0 amide bonds. The van der Waals surface area contributed by atoms with Crippen LogP contribution in [0.25, 0.3) is 0 Å². The molecule has 0 spiro atoms. The van der Waals surface area contributed by atoms with Crippen LogP contribution in [0.2, 0.25) is 0 Å². The predicted molar refractivity (Wildman–Crippen MR) is 87.4 cm³/mol. The highest BCUT2D eigenvalue weighted by Gasteiger charge is 2.17. The van der Waals surface area contributed by atoms with E-state index in [1.807, 2.05) is 12.1 Å². The number of methoxy groups -OCH3 is 2. The summed E-state index contributed by atoms with van der Waals surface area (Å²) in [5.74, 6) is 0.946. The van der Waals surface area contributed by atoms with Gasteiger partial charge < -0.3 is 9.47 Å². The zero-order chi connectivity index (χ0) is 15.0. The summed E-state index contributed by atoms with van der Waals surface area (Å²) in [5.41, 5.74) is 1.21. The number of nitrogens with zero attached hydrogens (tertiary/aromatic N) is 1. The quantitative estimate of drug-likeness (QED) is 0.673. The maximum absolute atomic E-state index is 5.47. The summed E-state index contributed by atoms with van der Waals surface area (Å²) in [6, 6.07) is 6.75. The molecule has 0 radical (unpaired) electrons. The Morgan fingerprint density at radius 1 is 1.20 bits per heavy atom. The third-order valence-corrected chi connectivity index (χ3v) is 4.15. The van der Waals surface area contributed by atoms with Gasteiger partial charge in [-0.15, -0.1) is 0 Å². The predicted octanol–water partition coefficient (Wildman–Crippen LogP) is 4.09. The molecule has 1 aromatic carbocycles. The Bertz CT molecular complexity index is 394. The average molecular weight is 344 g/mol. The molecule has 0 atom stereocenters. The van der Waals surface area contributed by atoms with E-state index >= 15 is 0 Å². The molecule has 1 aromatic rings. The highest BCUT2D eigenvalue weighted by molar-refractivity contribution is 9.10. The molecule has 0 aliphatic heterocycles. The van der Waals surface area contributed by atoms with Crippen LogP contribution >= 0.6 is 15.9 Å². The van der Waals surface area contributed by atoms with E-state index < -0.39 is 0 Å². The molecular weight excluding hydrogens is 318 g/mol. The van der Waals surface area contributed by atoms with Crippen molar-refractivity contribution in [2.45, 2.75) is 39.3 Å². The van der Waals surface area contributed by atoms with E-state index in [2.05, 4.69) is 40.7 Å². The van der Waals surface area contributed by atoms with E-state index in [1.54, 1.807) is 14.2 Å². The number of benzene rings is 1. The van der Waals surface area contributed by atoms with Gasteiger partial charge in [-0.2, -0.15) is 0 Å². The fourth-order valence-corrected chi connectivity index (χ4v) is 2.90. The van der Waals surface area contributed by atoms with E-state index in [9.17, 15) is 0 Å². The van der Waals surface area contributed by atoms with E-state index in [0.29, 0.717) is 6.04 Å². The van der Waals surface area contributed by atoms with Crippen LogP contribution in [0.3, 0.4) is 0 Å². The lowest BCUT2D eigenvalue weighted by Crippen LogP contribution is -2.36. The van der Waals surface area contributed by atoms with Gasteiger partial charge in [-0.25, -0.2) is 0 Å². The standard InChI is InChI=1S/C16H26BrNO2/c1-5-15(6-2)18(9-10-19-3)12-13-11-14(17)7-8-16(13)20-4/h7-8,11,15H,5-6,9-10,12H2,1-4H3. The third kappa shape index (κ3) is 5.08. The largest absolute Gasteiger partial charge is 0.496 e. The number of hydrogen-bond donors (Lipinski definition) is 0. The van der Waals surface area contributed by atoms with Gasteiger partial charge in [-0.3, -0.25) is 4.90 Å². The SMILES string of the molecule is CCC(CC)N(CCOC)Cc1cc(Br)ccc1OC. The molecule has 0 N–H and O–H groups in total. The first kappa shape index (κ1) is 17.5. The Balaban J connectivity index is 2.90. The zero-order valence-electron chi connectivity index (χ0n) is 13.0. The molecule has 20 heavy (non-hydrogen) atoms. The van der Waals surface area contributed by atoms with Crippen LogP contribution in [0.4, 0.5) is 0 Å². The first-order chi connectivity index (χ1) is 9.65. The molecule has 0 aliphatic rings. The van der Waals surface area contributed by atoms with Crippen molar-refractivity contribution in [3.05, 3.63) is 28.2 Å². The summed E-state index contributed by atoms with van der Waals surface area (Å²) in [4.78, 5) is 2.48. The Morgan fingerprint density at radius 3 is 2.45 bits per heavy atom. The van der Waals surface area contributed by atoms with Crippen LogP contribution in [0, 0.1) is 0 Å². The van der Waals surface area contributed by atoms with Crippen LogP contribution < -0.4 is 4.74 Å². The summed E-state index contributed by atoms with van der Waals surface area (Å²) in [6.45, 7) is 7.07. The van der Waals surface area contributed by atoms with Gasteiger partial charge in [0.05, 0.1) is 13.7 Å². The highest BCUT2D eigenvalue weighted by Crippen LogP contribution is 2.25. The summed E-state index contributed by atoms with van der Waals surface area (Å²) in [6.07, 6.45) is 2.30. The summed E-state index contributed by atoms with van der Waals surface area (Å²) < 4.78 is 11.8. The molecular formula is C16H26BrNO2. The molecule has 0 fully saturated rings. The molecule has 0 saturated carbocycles. The first-order valence-corrected chi connectivity index (χ1v) is 8.00. The van der Waals surface area contributed by atoms with Crippen molar-refractivity contribution < 1.29 is 9.47 Å². The Hall–Kier alpha value is -0.580. The van der Waals surface area contributed by atoms with Gasteiger partial charge in [-0.05, 0) is 31.0 Å². The van der Waals surface area contributed by atoms with Crippen molar-refractivity contribution in [3.63, 3.8) is 0 Å². The molecule has 0 heterocycles. The van der Waals surface area contributed by atoms with Gasteiger partial charge in [0.1, 0.15) is 5.75 Å². The number of rotatable bonds is 9. The minimum Gasteiger partial charge on any atom is -0.496 e. The maximum Gasteiger partial charge on any atom is 0.123 e. The van der Waals surface area contributed by atoms with Crippen molar-refractivity contribution in [1.29, 1.82) is 0 Å². The summed E-state index contributed by atoms with van der Waals surface area (Å²) in [7, 11) is 3.48. The molecule has 3 nitrogen and oxygen atoms in total. The first-order valence-electron chi connectivity index (χ1n) is 7.21. The van der Waals surface area contributed by atoms with Crippen molar-refractivity contribution in [2.75, 3.05) is 27.4 Å². The molecule has 0 aromatic heterocycles. The highest BCUT2D eigenvalue weighted by atomic mass is 79.9. The van der Waals surface area contributed by atoms with Gasteiger partial charge in [0.2, 0.25) is 0 Å². The zero-order valence-corrected chi connectivity index (χ0v) is 14.6. The fraction of sp³-hybridized carbons (Fsp3) is 0.625. The topological polar surface area (TPSA) is 21.7 Å². The minimum atomic E-state index is 0.578. The molecule has 0 saturated heterocycles. The van der Waals surface area contributed by atoms with Crippen molar-refractivity contribution in [3.8, 4) is 5.75 Å². The second kappa shape index (κ2) is 9.37. The molecule has 114 valence electrons. The fourth-order valence-electron chi connectivity index (χ4n) is 2.49. The van der Waals surface area contributed by atoms with Crippen LogP contribution in [-0.2, 0) is 11.3 Å². The van der Waals surface area contributed by atoms with Gasteiger partial charge in [0, 0.05) is 36.3 Å². The van der Waals surface area contributed by atoms with Crippen molar-refractivity contribution in [1.82, 2.24) is 4.90 Å². The lowest BCUT2D eigenvalue weighted by Gasteiger charge is -2.30. The lowest BCUT2D eigenvalue weighted by molar-refractivity contribution is 0.109. The molecule has 0 bridgehead atoms. The molecule has 1 rings (SSSR count). The van der Waals surface area contributed by atoms with Gasteiger partial charge in [-0.1, -0.05) is 29.8 Å². The monoisotopic (exact) mass is 343 g/mol. The van der Waals surface area contributed by atoms with Crippen molar-refractivity contribution in [2.24, 2.45) is 0 Å². The van der Waals surface area contributed by atoms with Gasteiger partial charge in [0.15, 0.2) is 0 Å². The number of hydrogen-bond acceptors (Lipinski definition) is 3. The van der Waals surface area contributed by atoms with E-state index in [0.717, 1.165) is 42.8 Å². The van der Waals surface area contributed by atoms with Crippen LogP contribution in [0.1, 0.15) is 32.3 Å². The second-order valence-corrected chi connectivity index (χ2v) is 5.81. The van der Waals surface area contributed by atoms with E-state index in [4.69, 9.17) is 9.47 Å². The molecule has 0 unspecified atom stereocenters. The second-order valence-electron chi connectivity index (χ2n) is 4.89. The summed E-state index contributed by atoms with van der Waals surface area (Å²) >= 11 is 3.54. The minimum absolute atomic E-state index is 0.578. The Morgan fingerprint density at radius 2 is 1.90 bits per heavy atom. The molecule has 4 heteroatoms. The van der Waals surface area contributed by atoms with Crippen LogP contribution in [0.15, 0.2) is 22.7 Å². The van der Waals surface area contributed by atoms with Crippen LogP contribution in [0.5, 0.6) is 5.75 Å². The smallest absolute Gasteiger partial charge is 0.123 e. The summed E-state index contributed by atoms with van der Waals surface area (Å²) in [5, 5.41) is 0. The average Bonchev–Trinajstić information content (AvgIpc) is 2.46. The van der Waals surface area contributed by atoms with Crippen LogP contribution in [-0.4, -0.2) is 38.3 Å².